The third kappa shape index (κ3) is 3.06. The van der Waals surface area contributed by atoms with Crippen LogP contribution in [0.15, 0.2) is 22.8 Å². The molecular formula is C13H17BrN2O. The van der Waals surface area contributed by atoms with Crippen LogP contribution in [0.4, 0.5) is 0 Å². The van der Waals surface area contributed by atoms with E-state index in [1.807, 2.05) is 18.0 Å². The zero-order chi connectivity index (χ0) is 12.3. The molecule has 1 saturated carbocycles. The van der Waals surface area contributed by atoms with Crippen molar-refractivity contribution in [2.45, 2.75) is 38.1 Å². The minimum atomic E-state index is 0.0319. The SMILES string of the molecule is CN(C(=O)c1ccc(Br)cn1)C1CCCCC1. The van der Waals surface area contributed by atoms with Gasteiger partial charge < -0.3 is 4.90 Å². The summed E-state index contributed by atoms with van der Waals surface area (Å²) in [6.07, 6.45) is 7.68. The Hall–Kier alpha value is -0.900. The molecule has 1 aromatic heterocycles. The van der Waals surface area contributed by atoms with E-state index in [9.17, 15) is 4.79 Å². The molecule has 3 nitrogen and oxygen atoms in total. The van der Waals surface area contributed by atoms with Crippen LogP contribution >= 0.6 is 15.9 Å². The Morgan fingerprint density at radius 3 is 2.65 bits per heavy atom. The minimum absolute atomic E-state index is 0.0319. The standard InChI is InChI=1S/C13H17BrN2O/c1-16(11-5-3-2-4-6-11)13(17)12-8-7-10(14)9-15-12/h7-9,11H,2-6H2,1H3. The summed E-state index contributed by atoms with van der Waals surface area (Å²) in [4.78, 5) is 18.2. The van der Waals surface area contributed by atoms with Gasteiger partial charge in [-0.25, -0.2) is 4.98 Å². The predicted octanol–water partition coefficient (Wildman–Crippen LogP) is 3.25. The number of aromatic nitrogens is 1. The number of nitrogens with zero attached hydrogens (tertiary/aromatic N) is 2. The van der Waals surface area contributed by atoms with Gasteiger partial charge >= 0.3 is 0 Å². The molecule has 0 radical (unpaired) electrons. The van der Waals surface area contributed by atoms with Crippen LogP contribution < -0.4 is 0 Å². The van der Waals surface area contributed by atoms with Gasteiger partial charge in [-0.3, -0.25) is 4.79 Å². The second kappa shape index (κ2) is 5.63. The normalized spacial score (nSPS) is 16.8. The number of hydrogen-bond donors (Lipinski definition) is 0. The molecule has 1 amide bonds. The van der Waals surface area contributed by atoms with Gasteiger partial charge in [-0.15, -0.1) is 0 Å². The fourth-order valence-corrected chi connectivity index (χ4v) is 2.55. The number of pyridine rings is 1. The Balaban J connectivity index is 2.05. The molecule has 1 heterocycles. The highest BCUT2D eigenvalue weighted by atomic mass is 79.9. The third-order valence-corrected chi connectivity index (χ3v) is 3.86. The zero-order valence-corrected chi connectivity index (χ0v) is 11.6. The van der Waals surface area contributed by atoms with Gasteiger partial charge in [0, 0.05) is 23.8 Å². The van der Waals surface area contributed by atoms with Crippen molar-refractivity contribution in [3.05, 3.63) is 28.5 Å². The van der Waals surface area contributed by atoms with E-state index in [-0.39, 0.29) is 5.91 Å². The summed E-state index contributed by atoms with van der Waals surface area (Å²) in [5.74, 6) is 0.0319. The van der Waals surface area contributed by atoms with Gasteiger partial charge in [0.25, 0.3) is 5.91 Å². The van der Waals surface area contributed by atoms with Crippen LogP contribution in [0.2, 0.25) is 0 Å². The summed E-state index contributed by atoms with van der Waals surface area (Å²) in [7, 11) is 1.89. The first-order valence-corrected chi connectivity index (χ1v) is 6.86. The lowest BCUT2D eigenvalue weighted by Gasteiger charge is -2.30. The summed E-state index contributed by atoms with van der Waals surface area (Å²) < 4.78 is 0.898. The molecule has 1 aliphatic carbocycles. The van der Waals surface area contributed by atoms with E-state index < -0.39 is 0 Å². The van der Waals surface area contributed by atoms with Crippen molar-refractivity contribution in [1.82, 2.24) is 9.88 Å². The lowest BCUT2D eigenvalue weighted by Crippen LogP contribution is -2.38. The number of carbonyl (C=O) groups is 1. The van der Waals surface area contributed by atoms with Crippen LogP contribution in [0.3, 0.4) is 0 Å². The molecule has 1 aliphatic rings. The Kier molecular flexibility index (Phi) is 4.15. The summed E-state index contributed by atoms with van der Waals surface area (Å²) in [5.41, 5.74) is 0.529. The van der Waals surface area contributed by atoms with Crippen LogP contribution in [0.1, 0.15) is 42.6 Å². The van der Waals surface area contributed by atoms with Gasteiger partial charge in [-0.1, -0.05) is 19.3 Å². The average Bonchev–Trinajstić information content (AvgIpc) is 2.39. The molecular weight excluding hydrogens is 280 g/mol. The van der Waals surface area contributed by atoms with E-state index in [1.165, 1.54) is 19.3 Å². The molecule has 0 unspecified atom stereocenters. The summed E-state index contributed by atoms with van der Waals surface area (Å²) in [6.45, 7) is 0. The van der Waals surface area contributed by atoms with Gasteiger partial charge in [0.2, 0.25) is 0 Å². The first-order valence-electron chi connectivity index (χ1n) is 6.07. The van der Waals surface area contributed by atoms with Crippen molar-refractivity contribution in [2.24, 2.45) is 0 Å². The van der Waals surface area contributed by atoms with Crippen molar-refractivity contribution >= 4 is 21.8 Å². The van der Waals surface area contributed by atoms with Crippen LogP contribution in [-0.4, -0.2) is 28.9 Å². The number of rotatable bonds is 2. The molecule has 0 spiro atoms. The molecule has 0 bridgehead atoms. The minimum Gasteiger partial charge on any atom is -0.337 e. The molecule has 2 rings (SSSR count). The predicted molar refractivity (Wildman–Crippen MR) is 70.9 cm³/mol. The Morgan fingerprint density at radius 1 is 1.35 bits per heavy atom. The maximum absolute atomic E-state index is 12.2. The van der Waals surface area contributed by atoms with Crippen LogP contribution in [-0.2, 0) is 0 Å². The first kappa shape index (κ1) is 12.6. The molecule has 0 aromatic carbocycles. The van der Waals surface area contributed by atoms with E-state index in [0.717, 1.165) is 17.3 Å². The highest BCUT2D eigenvalue weighted by molar-refractivity contribution is 9.10. The highest BCUT2D eigenvalue weighted by Gasteiger charge is 2.23. The fourth-order valence-electron chi connectivity index (χ4n) is 2.32. The third-order valence-electron chi connectivity index (χ3n) is 3.39. The Morgan fingerprint density at radius 2 is 2.06 bits per heavy atom. The topological polar surface area (TPSA) is 33.2 Å². The summed E-state index contributed by atoms with van der Waals surface area (Å²) >= 11 is 3.32. The molecule has 0 saturated heterocycles. The van der Waals surface area contributed by atoms with Crippen LogP contribution in [0, 0.1) is 0 Å². The van der Waals surface area contributed by atoms with Crippen LogP contribution in [0.25, 0.3) is 0 Å². The molecule has 0 atom stereocenters. The number of amides is 1. The van der Waals surface area contributed by atoms with Crippen molar-refractivity contribution in [1.29, 1.82) is 0 Å². The second-order valence-corrected chi connectivity index (χ2v) is 5.49. The molecule has 0 aliphatic heterocycles. The van der Waals surface area contributed by atoms with E-state index in [4.69, 9.17) is 0 Å². The molecule has 0 N–H and O–H groups in total. The largest absolute Gasteiger partial charge is 0.337 e. The maximum atomic E-state index is 12.2. The average molecular weight is 297 g/mol. The van der Waals surface area contributed by atoms with E-state index in [1.54, 1.807) is 12.3 Å². The van der Waals surface area contributed by atoms with Gasteiger partial charge in [-0.05, 0) is 40.9 Å². The Bertz CT molecular complexity index is 385. The lowest BCUT2D eigenvalue weighted by atomic mass is 9.94. The van der Waals surface area contributed by atoms with Gasteiger partial charge in [0.15, 0.2) is 0 Å². The second-order valence-electron chi connectivity index (χ2n) is 4.57. The van der Waals surface area contributed by atoms with Crippen molar-refractivity contribution in [2.75, 3.05) is 7.05 Å². The maximum Gasteiger partial charge on any atom is 0.272 e. The number of carbonyl (C=O) groups excluding carboxylic acids is 1. The van der Waals surface area contributed by atoms with Crippen molar-refractivity contribution < 1.29 is 4.79 Å². The van der Waals surface area contributed by atoms with Crippen molar-refractivity contribution in [3.8, 4) is 0 Å². The van der Waals surface area contributed by atoms with E-state index >= 15 is 0 Å². The van der Waals surface area contributed by atoms with Gasteiger partial charge in [0.05, 0.1) is 0 Å². The van der Waals surface area contributed by atoms with Crippen molar-refractivity contribution in [3.63, 3.8) is 0 Å². The summed E-state index contributed by atoms with van der Waals surface area (Å²) in [6, 6.07) is 4.02. The quantitative estimate of drug-likeness (QED) is 0.839. The number of halogens is 1. The Labute approximate surface area is 110 Å². The number of hydrogen-bond acceptors (Lipinski definition) is 2. The molecule has 17 heavy (non-hydrogen) atoms. The first-order chi connectivity index (χ1) is 8.18. The monoisotopic (exact) mass is 296 g/mol. The molecule has 1 aromatic rings. The van der Waals surface area contributed by atoms with Gasteiger partial charge in [-0.2, -0.15) is 0 Å². The zero-order valence-electron chi connectivity index (χ0n) is 10.0. The summed E-state index contributed by atoms with van der Waals surface area (Å²) in [5, 5.41) is 0. The molecule has 1 fully saturated rings. The fraction of sp³-hybridized carbons (Fsp3) is 0.538. The molecule has 92 valence electrons. The van der Waals surface area contributed by atoms with Crippen LogP contribution in [0.5, 0.6) is 0 Å². The molecule has 4 heteroatoms. The van der Waals surface area contributed by atoms with E-state index in [2.05, 4.69) is 20.9 Å². The highest BCUT2D eigenvalue weighted by Crippen LogP contribution is 2.22. The lowest BCUT2D eigenvalue weighted by molar-refractivity contribution is 0.0690. The smallest absolute Gasteiger partial charge is 0.272 e. The van der Waals surface area contributed by atoms with Gasteiger partial charge in [0.1, 0.15) is 5.69 Å². The van der Waals surface area contributed by atoms with E-state index in [0.29, 0.717) is 11.7 Å².